The van der Waals surface area contributed by atoms with Crippen molar-refractivity contribution in [1.82, 2.24) is 9.97 Å². The highest BCUT2D eigenvalue weighted by Crippen LogP contribution is 2.29. The number of benzene rings is 3. The molecule has 0 saturated heterocycles. The molecule has 0 aliphatic heterocycles. The van der Waals surface area contributed by atoms with Crippen LogP contribution in [0.2, 0.25) is 0 Å². The Morgan fingerprint density at radius 2 is 1.57 bits per heavy atom. The van der Waals surface area contributed by atoms with E-state index in [9.17, 15) is 4.79 Å². The van der Waals surface area contributed by atoms with Gasteiger partial charge >= 0.3 is 0 Å². The van der Waals surface area contributed by atoms with Crippen molar-refractivity contribution in [2.75, 3.05) is 19.0 Å². The average molecular weight is 397 g/mol. The lowest BCUT2D eigenvalue weighted by molar-refractivity contribution is -0.117. The Bertz CT molecular complexity index is 1160. The smallest absolute Gasteiger partial charge is 0.230 e. The van der Waals surface area contributed by atoms with Gasteiger partial charge in [0.25, 0.3) is 0 Å². The van der Waals surface area contributed by atoms with Gasteiger partial charge in [-0.15, -0.1) is 0 Å². The van der Waals surface area contributed by atoms with Gasteiger partial charge in [0.2, 0.25) is 5.88 Å². The molecule has 1 aromatic heterocycles. The Kier molecular flexibility index (Phi) is 5.70. The van der Waals surface area contributed by atoms with E-state index >= 15 is 0 Å². The summed E-state index contributed by atoms with van der Waals surface area (Å²) in [5, 5.41) is 0.852. The van der Waals surface area contributed by atoms with Crippen LogP contribution in [0.3, 0.4) is 0 Å². The van der Waals surface area contributed by atoms with Crippen LogP contribution in [-0.4, -0.2) is 29.8 Å². The van der Waals surface area contributed by atoms with Crippen LogP contribution in [0.4, 0.5) is 5.69 Å². The number of rotatable bonds is 7. The van der Waals surface area contributed by atoms with Gasteiger partial charge in [-0.3, -0.25) is 4.79 Å². The first-order valence-corrected chi connectivity index (χ1v) is 9.83. The van der Waals surface area contributed by atoms with Crippen molar-refractivity contribution in [3.05, 3.63) is 90.3 Å². The maximum Gasteiger partial charge on any atom is 0.230 e. The second-order valence-corrected chi connectivity index (χ2v) is 7.40. The highest BCUT2D eigenvalue weighted by atomic mass is 16.5. The fourth-order valence-electron chi connectivity index (χ4n) is 3.28. The molecular weight excluding hydrogens is 374 g/mol. The highest BCUT2D eigenvalue weighted by molar-refractivity contribution is 5.86. The summed E-state index contributed by atoms with van der Waals surface area (Å²) >= 11 is 0. The minimum Gasteiger partial charge on any atom is -0.438 e. The van der Waals surface area contributed by atoms with Crippen LogP contribution < -0.4 is 9.64 Å². The summed E-state index contributed by atoms with van der Waals surface area (Å²) < 4.78 is 6.00. The third-order valence-electron chi connectivity index (χ3n) is 4.88. The summed E-state index contributed by atoms with van der Waals surface area (Å²) in [4.78, 5) is 23.0. The topological polar surface area (TPSA) is 55.3 Å². The maximum absolute atomic E-state index is 12.3. The molecule has 5 nitrogen and oxygen atoms in total. The number of hydrogen-bond donors (Lipinski definition) is 0. The molecule has 0 aliphatic carbocycles. The van der Waals surface area contributed by atoms with Crippen molar-refractivity contribution in [3.63, 3.8) is 0 Å². The van der Waals surface area contributed by atoms with Crippen LogP contribution in [0.15, 0.2) is 79.1 Å². The Morgan fingerprint density at radius 3 is 2.27 bits per heavy atom. The molecule has 0 fully saturated rings. The molecule has 0 bridgehead atoms. The predicted molar refractivity (Wildman–Crippen MR) is 119 cm³/mol. The van der Waals surface area contributed by atoms with Gasteiger partial charge in [0.15, 0.2) is 0 Å². The van der Waals surface area contributed by atoms with Crippen LogP contribution in [-0.2, 0) is 17.6 Å². The second kappa shape index (κ2) is 8.74. The standard InChI is InChI=1S/C25H23N3O2/c1-28(2)20-10-13-23-24(16-20)26-17-27-25(23)30-22-11-8-19(9-12-22)15-21(29)14-18-6-4-3-5-7-18/h3-13,16-17H,14-15H2,1-2H3. The number of hydrogen-bond acceptors (Lipinski definition) is 5. The lowest BCUT2D eigenvalue weighted by Gasteiger charge is -2.13. The van der Waals surface area contributed by atoms with Gasteiger partial charge in [0, 0.05) is 32.6 Å². The number of fused-ring (bicyclic) bond motifs is 1. The molecule has 0 unspecified atom stereocenters. The molecule has 30 heavy (non-hydrogen) atoms. The van der Waals surface area contributed by atoms with Crippen molar-refractivity contribution in [3.8, 4) is 11.6 Å². The van der Waals surface area contributed by atoms with Crippen molar-refractivity contribution in [2.45, 2.75) is 12.8 Å². The van der Waals surface area contributed by atoms with Crippen LogP contribution in [0.5, 0.6) is 11.6 Å². The quantitative estimate of drug-likeness (QED) is 0.447. The molecule has 5 heteroatoms. The summed E-state index contributed by atoms with van der Waals surface area (Å²) in [6, 6.07) is 23.4. The molecule has 0 atom stereocenters. The van der Waals surface area contributed by atoms with Crippen molar-refractivity contribution < 1.29 is 9.53 Å². The van der Waals surface area contributed by atoms with Crippen LogP contribution in [0, 0.1) is 0 Å². The van der Waals surface area contributed by atoms with Crippen molar-refractivity contribution in [1.29, 1.82) is 0 Å². The van der Waals surface area contributed by atoms with Crippen LogP contribution in [0.1, 0.15) is 11.1 Å². The highest BCUT2D eigenvalue weighted by Gasteiger charge is 2.09. The number of Topliss-reactive ketones (excluding diaryl/α,β-unsaturated/α-hetero) is 1. The molecule has 1 heterocycles. The predicted octanol–water partition coefficient (Wildman–Crippen LogP) is 4.84. The van der Waals surface area contributed by atoms with E-state index in [0.717, 1.165) is 27.7 Å². The second-order valence-electron chi connectivity index (χ2n) is 7.40. The number of aromatic nitrogens is 2. The number of ketones is 1. The fraction of sp³-hybridized carbons (Fsp3) is 0.160. The summed E-state index contributed by atoms with van der Waals surface area (Å²) in [6.07, 6.45) is 2.35. The lowest BCUT2D eigenvalue weighted by atomic mass is 10.0. The summed E-state index contributed by atoms with van der Waals surface area (Å²) in [7, 11) is 3.98. The van der Waals surface area contributed by atoms with E-state index in [1.165, 1.54) is 6.33 Å². The number of ether oxygens (including phenoxy) is 1. The van der Waals surface area contributed by atoms with Gasteiger partial charge in [0.1, 0.15) is 17.9 Å². The normalized spacial score (nSPS) is 10.7. The average Bonchev–Trinajstić information content (AvgIpc) is 2.75. The van der Waals surface area contributed by atoms with Crippen LogP contribution in [0.25, 0.3) is 10.9 Å². The zero-order chi connectivity index (χ0) is 20.9. The molecule has 3 aromatic carbocycles. The third kappa shape index (κ3) is 4.63. The van der Waals surface area contributed by atoms with Gasteiger partial charge in [-0.25, -0.2) is 9.97 Å². The van der Waals surface area contributed by atoms with Gasteiger partial charge in [0.05, 0.1) is 10.9 Å². The number of nitrogens with zero attached hydrogens (tertiary/aromatic N) is 3. The monoisotopic (exact) mass is 397 g/mol. The summed E-state index contributed by atoms with van der Waals surface area (Å²) in [5.41, 5.74) is 3.90. The van der Waals surface area contributed by atoms with E-state index in [1.54, 1.807) is 0 Å². The first kappa shape index (κ1) is 19.6. The molecule has 0 spiro atoms. The molecule has 0 radical (unpaired) electrons. The van der Waals surface area contributed by atoms with E-state index in [2.05, 4.69) is 9.97 Å². The Hall–Kier alpha value is -3.73. The summed E-state index contributed by atoms with van der Waals surface area (Å²) in [6.45, 7) is 0. The Labute approximate surface area is 176 Å². The zero-order valence-corrected chi connectivity index (χ0v) is 17.1. The van der Waals surface area contributed by atoms with E-state index < -0.39 is 0 Å². The number of carbonyl (C=O) groups excluding carboxylic acids is 1. The van der Waals surface area contributed by atoms with E-state index in [-0.39, 0.29) is 5.78 Å². The molecule has 4 rings (SSSR count). The lowest BCUT2D eigenvalue weighted by Crippen LogP contribution is -2.08. The number of carbonyl (C=O) groups is 1. The van der Waals surface area contributed by atoms with Gasteiger partial charge in [-0.2, -0.15) is 0 Å². The first-order valence-electron chi connectivity index (χ1n) is 9.83. The van der Waals surface area contributed by atoms with Crippen LogP contribution >= 0.6 is 0 Å². The largest absolute Gasteiger partial charge is 0.438 e. The molecule has 0 saturated carbocycles. The summed E-state index contributed by atoms with van der Waals surface area (Å²) in [5.74, 6) is 1.37. The van der Waals surface area contributed by atoms with Gasteiger partial charge in [-0.1, -0.05) is 42.5 Å². The SMILES string of the molecule is CN(C)c1ccc2c(Oc3ccc(CC(=O)Cc4ccccc4)cc3)ncnc2c1. The van der Waals surface area contributed by atoms with Gasteiger partial charge in [-0.05, 0) is 41.5 Å². The Morgan fingerprint density at radius 1 is 0.867 bits per heavy atom. The van der Waals surface area contributed by atoms with E-state index in [4.69, 9.17) is 4.74 Å². The molecule has 4 aromatic rings. The Balaban J connectivity index is 1.45. The molecule has 0 amide bonds. The minimum absolute atomic E-state index is 0.188. The van der Waals surface area contributed by atoms with Gasteiger partial charge < -0.3 is 9.64 Å². The number of anilines is 1. The fourth-order valence-corrected chi connectivity index (χ4v) is 3.28. The van der Waals surface area contributed by atoms with Crippen molar-refractivity contribution in [2.24, 2.45) is 0 Å². The minimum atomic E-state index is 0.188. The first-order chi connectivity index (χ1) is 14.6. The van der Waals surface area contributed by atoms with E-state index in [1.807, 2.05) is 91.8 Å². The molecular formula is C25H23N3O2. The zero-order valence-electron chi connectivity index (χ0n) is 17.1. The van der Waals surface area contributed by atoms with E-state index in [0.29, 0.717) is 24.5 Å². The molecule has 0 aliphatic rings. The molecule has 150 valence electrons. The third-order valence-corrected chi connectivity index (χ3v) is 4.88. The van der Waals surface area contributed by atoms with Crippen molar-refractivity contribution >= 4 is 22.4 Å². The maximum atomic E-state index is 12.3. The molecule has 0 N–H and O–H groups in total.